The van der Waals surface area contributed by atoms with E-state index in [2.05, 4.69) is 11.4 Å². The highest BCUT2D eigenvalue weighted by molar-refractivity contribution is 5.34. The van der Waals surface area contributed by atoms with Crippen molar-refractivity contribution in [2.45, 2.75) is 31.9 Å². The Bertz CT molecular complexity index is 482. The predicted molar refractivity (Wildman–Crippen MR) is 71.6 cm³/mol. The van der Waals surface area contributed by atoms with E-state index in [0.717, 1.165) is 11.3 Å². The smallest absolute Gasteiger partial charge is 0.120 e. The van der Waals surface area contributed by atoms with Gasteiger partial charge in [-0.1, -0.05) is 0 Å². The summed E-state index contributed by atoms with van der Waals surface area (Å²) in [7, 11) is 1.89. The summed E-state index contributed by atoms with van der Waals surface area (Å²) >= 11 is 0. The average molecular weight is 263 g/mol. The molecule has 5 nitrogen and oxygen atoms in total. The predicted octanol–water partition coefficient (Wildman–Crippen LogP) is 0.836. The molecule has 0 aromatic carbocycles. The van der Waals surface area contributed by atoms with E-state index in [1.165, 1.54) is 0 Å². The maximum atomic E-state index is 10.3. The molecule has 1 aliphatic rings. The summed E-state index contributed by atoms with van der Waals surface area (Å²) in [6.45, 7) is 4.49. The van der Waals surface area contributed by atoms with Crippen molar-refractivity contribution in [1.29, 1.82) is 5.26 Å². The molecule has 1 aromatic rings. The molecule has 0 bridgehead atoms. The van der Waals surface area contributed by atoms with Crippen LogP contribution in [0.25, 0.3) is 0 Å². The lowest BCUT2D eigenvalue weighted by molar-refractivity contribution is -0.0617. The molecule has 2 heterocycles. The third-order valence-electron chi connectivity index (χ3n) is 3.95. The molecule has 0 aliphatic carbocycles. The van der Waals surface area contributed by atoms with Gasteiger partial charge in [-0.15, -0.1) is 0 Å². The molecule has 1 saturated heterocycles. The Kier molecular flexibility index (Phi) is 4.25. The van der Waals surface area contributed by atoms with Crippen molar-refractivity contribution in [2.75, 3.05) is 19.8 Å². The molecule has 104 valence electrons. The average Bonchev–Trinajstić information content (AvgIpc) is 2.67. The minimum atomic E-state index is -0.654. The van der Waals surface area contributed by atoms with E-state index in [1.54, 1.807) is 0 Å². The van der Waals surface area contributed by atoms with Gasteiger partial charge in [-0.2, -0.15) is 5.26 Å². The SMILES string of the molecule is Cc1c(CNCC2(O)CCOCC2)cc(C#N)n1C. The number of aliphatic hydroxyl groups is 1. The van der Waals surface area contributed by atoms with Gasteiger partial charge in [0.05, 0.1) is 5.60 Å². The zero-order valence-corrected chi connectivity index (χ0v) is 11.6. The number of rotatable bonds is 4. The zero-order chi connectivity index (χ0) is 13.9. The Hall–Kier alpha value is -1.35. The number of nitriles is 1. The van der Waals surface area contributed by atoms with Gasteiger partial charge < -0.3 is 19.7 Å². The summed E-state index contributed by atoms with van der Waals surface area (Å²) in [5, 5.41) is 22.6. The third-order valence-corrected chi connectivity index (χ3v) is 3.95. The lowest BCUT2D eigenvalue weighted by Crippen LogP contribution is -2.44. The molecule has 0 atom stereocenters. The molecule has 0 unspecified atom stereocenters. The third kappa shape index (κ3) is 3.16. The van der Waals surface area contributed by atoms with Gasteiger partial charge in [0.2, 0.25) is 0 Å². The van der Waals surface area contributed by atoms with Gasteiger partial charge in [0.25, 0.3) is 0 Å². The summed E-state index contributed by atoms with van der Waals surface area (Å²) in [6.07, 6.45) is 1.36. The molecule has 5 heteroatoms. The molecular weight excluding hydrogens is 242 g/mol. The quantitative estimate of drug-likeness (QED) is 0.844. The van der Waals surface area contributed by atoms with Crippen LogP contribution >= 0.6 is 0 Å². The van der Waals surface area contributed by atoms with Crippen LogP contribution < -0.4 is 5.32 Å². The normalized spacial score (nSPS) is 18.2. The lowest BCUT2D eigenvalue weighted by atomic mass is 9.94. The largest absolute Gasteiger partial charge is 0.388 e. The van der Waals surface area contributed by atoms with Crippen LogP contribution in [-0.2, 0) is 18.3 Å². The lowest BCUT2D eigenvalue weighted by Gasteiger charge is -2.32. The van der Waals surface area contributed by atoms with Crippen molar-refractivity contribution < 1.29 is 9.84 Å². The van der Waals surface area contributed by atoms with Gasteiger partial charge in [0.1, 0.15) is 11.8 Å². The van der Waals surface area contributed by atoms with Crippen molar-refractivity contribution in [3.63, 3.8) is 0 Å². The van der Waals surface area contributed by atoms with E-state index in [0.29, 0.717) is 44.8 Å². The first-order chi connectivity index (χ1) is 9.06. The molecule has 1 aromatic heterocycles. The second kappa shape index (κ2) is 5.74. The molecule has 19 heavy (non-hydrogen) atoms. The number of nitrogens with one attached hydrogen (secondary N) is 1. The first-order valence-electron chi connectivity index (χ1n) is 6.62. The summed E-state index contributed by atoms with van der Waals surface area (Å²) in [6, 6.07) is 4.07. The van der Waals surface area contributed by atoms with E-state index in [4.69, 9.17) is 10.00 Å². The van der Waals surface area contributed by atoms with Crippen molar-refractivity contribution in [3.8, 4) is 6.07 Å². The van der Waals surface area contributed by atoms with Crippen molar-refractivity contribution in [2.24, 2.45) is 7.05 Å². The van der Waals surface area contributed by atoms with Crippen molar-refractivity contribution in [1.82, 2.24) is 9.88 Å². The molecule has 0 spiro atoms. The van der Waals surface area contributed by atoms with E-state index in [-0.39, 0.29) is 0 Å². The molecular formula is C14H21N3O2. The van der Waals surface area contributed by atoms with Crippen molar-refractivity contribution >= 4 is 0 Å². The second-order valence-corrected chi connectivity index (χ2v) is 5.25. The fraction of sp³-hybridized carbons (Fsp3) is 0.643. The van der Waals surface area contributed by atoms with Gasteiger partial charge >= 0.3 is 0 Å². The van der Waals surface area contributed by atoms with Gasteiger partial charge in [0.15, 0.2) is 0 Å². The Morgan fingerprint density at radius 3 is 2.79 bits per heavy atom. The fourth-order valence-corrected chi connectivity index (χ4v) is 2.41. The van der Waals surface area contributed by atoms with Gasteiger partial charge in [-0.25, -0.2) is 0 Å². The Balaban J connectivity index is 1.91. The van der Waals surface area contributed by atoms with Crippen molar-refractivity contribution in [3.05, 3.63) is 23.0 Å². The second-order valence-electron chi connectivity index (χ2n) is 5.25. The number of aromatic nitrogens is 1. The highest BCUT2D eigenvalue weighted by Crippen LogP contribution is 2.20. The minimum absolute atomic E-state index is 0.562. The molecule has 0 amide bonds. The van der Waals surface area contributed by atoms with E-state index < -0.39 is 5.60 Å². The molecule has 2 N–H and O–H groups in total. The number of hydrogen-bond acceptors (Lipinski definition) is 4. The number of nitrogens with zero attached hydrogens (tertiary/aromatic N) is 2. The first kappa shape index (κ1) is 14.1. The van der Waals surface area contributed by atoms with E-state index in [9.17, 15) is 5.11 Å². The Morgan fingerprint density at radius 2 is 2.21 bits per heavy atom. The standard InChI is InChI=1S/C14H21N3O2/c1-11-12(7-13(8-15)17(11)2)9-16-10-14(18)3-5-19-6-4-14/h7,16,18H,3-6,9-10H2,1-2H3. The fourth-order valence-electron chi connectivity index (χ4n) is 2.41. The number of ether oxygens (including phenoxy) is 1. The van der Waals surface area contributed by atoms with Crippen LogP contribution in [0.1, 0.15) is 29.8 Å². The molecule has 1 fully saturated rings. The molecule has 0 radical (unpaired) electrons. The van der Waals surface area contributed by atoms with Crippen LogP contribution in [0.4, 0.5) is 0 Å². The monoisotopic (exact) mass is 263 g/mol. The Morgan fingerprint density at radius 1 is 1.53 bits per heavy atom. The zero-order valence-electron chi connectivity index (χ0n) is 11.6. The topological polar surface area (TPSA) is 70.2 Å². The molecule has 1 aliphatic heterocycles. The molecule has 2 rings (SSSR count). The summed E-state index contributed by atoms with van der Waals surface area (Å²) in [4.78, 5) is 0. The first-order valence-corrected chi connectivity index (χ1v) is 6.62. The van der Waals surface area contributed by atoms with Crippen LogP contribution in [0.3, 0.4) is 0 Å². The van der Waals surface area contributed by atoms with Gasteiger partial charge in [-0.05, 0) is 18.6 Å². The highest BCUT2D eigenvalue weighted by Gasteiger charge is 2.29. The maximum Gasteiger partial charge on any atom is 0.120 e. The minimum Gasteiger partial charge on any atom is -0.388 e. The number of hydrogen-bond donors (Lipinski definition) is 2. The van der Waals surface area contributed by atoms with E-state index >= 15 is 0 Å². The summed E-state index contributed by atoms with van der Waals surface area (Å²) < 4.78 is 7.14. The molecule has 0 saturated carbocycles. The van der Waals surface area contributed by atoms with Crippen LogP contribution in [0.5, 0.6) is 0 Å². The Labute approximate surface area is 113 Å². The summed E-state index contributed by atoms with van der Waals surface area (Å²) in [5.74, 6) is 0. The maximum absolute atomic E-state index is 10.3. The van der Waals surface area contributed by atoms with Gasteiger partial charge in [-0.3, -0.25) is 0 Å². The van der Waals surface area contributed by atoms with Crippen LogP contribution in [0, 0.1) is 18.3 Å². The van der Waals surface area contributed by atoms with Crippen LogP contribution in [-0.4, -0.2) is 35.0 Å². The van der Waals surface area contributed by atoms with Gasteiger partial charge in [0, 0.05) is 51.9 Å². The van der Waals surface area contributed by atoms with Crippen LogP contribution in [0.2, 0.25) is 0 Å². The highest BCUT2D eigenvalue weighted by atomic mass is 16.5. The van der Waals surface area contributed by atoms with E-state index in [1.807, 2.05) is 24.6 Å². The van der Waals surface area contributed by atoms with Crippen LogP contribution in [0.15, 0.2) is 6.07 Å². The summed E-state index contributed by atoms with van der Waals surface area (Å²) in [5.41, 5.74) is 2.20.